The molecule has 0 radical (unpaired) electrons. The zero-order chi connectivity index (χ0) is 12.6. The van der Waals surface area contributed by atoms with E-state index in [1.165, 1.54) is 25.9 Å². The fraction of sp³-hybridized carbons (Fsp3) is 1.00. The van der Waals surface area contributed by atoms with Crippen molar-refractivity contribution in [2.45, 2.75) is 64.7 Å². The zero-order valence-electron chi connectivity index (χ0n) is 11.9. The zero-order valence-corrected chi connectivity index (χ0v) is 11.9. The van der Waals surface area contributed by atoms with E-state index in [0.717, 1.165) is 23.1 Å². The number of nitrogens with zero attached hydrogens (tertiary/aromatic N) is 2. The highest BCUT2D eigenvalue weighted by Crippen LogP contribution is 2.37. The van der Waals surface area contributed by atoms with Gasteiger partial charge in [0.2, 0.25) is 0 Å². The summed E-state index contributed by atoms with van der Waals surface area (Å²) in [6.45, 7) is 13.1. The van der Waals surface area contributed by atoms with Gasteiger partial charge in [0.1, 0.15) is 12.6 Å². The number of aliphatic hydroxyl groups excluding tert-OH is 1. The Bertz CT molecular complexity index is 267. The van der Waals surface area contributed by atoms with Crippen LogP contribution in [0.1, 0.15) is 40.5 Å². The Kier molecular flexibility index (Phi) is 3.81. The normalized spacial score (nSPS) is 38.3. The van der Waals surface area contributed by atoms with E-state index in [1.54, 1.807) is 0 Å². The lowest BCUT2D eigenvalue weighted by atomic mass is 9.85. The Hall–Kier alpha value is -0.120. The van der Waals surface area contributed by atoms with Gasteiger partial charge in [-0.05, 0) is 34.1 Å². The van der Waals surface area contributed by atoms with E-state index in [0.29, 0.717) is 18.7 Å². The Morgan fingerprint density at radius 1 is 1.24 bits per heavy atom. The second-order valence-corrected chi connectivity index (χ2v) is 6.50. The van der Waals surface area contributed by atoms with Gasteiger partial charge < -0.3 is 9.59 Å². The van der Waals surface area contributed by atoms with Crippen molar-refractivity contribution in [1.29, 1.82) is 0 Å². The van der Waals surface area contributed by atoms with Crippen LogP contribution in [0, 0.1) is 0 Å². The third-order valence-electron chi connectivity index (χ3n) is 5.21. The largest absolute Gasteiger partial charge is 0.391 e. The van der Waals surface area contributed by atoms with E-state index in [1.807, 2.05) is 0 Å². The number of piperidine rings is 2. The van der Waals surface area contributed by atoms with Gasteiger partial charge in [0.25, 0.3) is 0 Å². The lowest BCUT2D eigenvalue weighted by molar-refractivity contribution is -0.982. The molecule has 3 saturated heterocycles. The number of piperazine rings is 1. The highest BCUT2D eigenvalue weighted by atomic mass is 16.3. The molecule has 1 unspecified atom stereocenters. The molecule has 1 N–H and O–H groups in total. The monoisotopic (exact) mass is 241 g/mol. The molecule has 3 nitrogen and oxygen atoms in total. The van der Waals surface area contributed by atoms with Gasteiger partial charge in [-0.1, -0.05) is 0 Å². The third-order valence-corrected chi connectivity index (χ3v) is 5.21. The van der Waals surface area contributed by atoms with E-state index in [9.17, 15) is 5.11 Å². The van der Waals surface area contributed by atoms with Gasteiger partial charge >= 0.3 is 0 Å². The van der Waals surface area contributed by atoms with E-state index >= 15 is 0 Å². The molecular weight excluding hydrogens is 212 g/mol. The maximum atomic E-state index is 9.41. The van der Waals surface area contributed by atoms with Crippen molar-refractivity contribution in [3.63, 3.8) is 0 Å². The first-order valence-corrected chi connectivity index (χ1v) is 7.24. The fourth-order valence-electron chi connectivity index (χ4n) is 4.17. The van der Waals surface area contributed by atoms with Gasteiger partial charge in [0.15, 0.2) is 0 Å². The lowest BCUT2D eigenvalue weighted by Gasteiger charge is -2.60. The summed E-state index contributed by atoms with van der Waals surface area (Å²) < 4.78 is 1.16. The minimum atomic E-state index is 0.336. The molecule has 0 saturated carbocycles. The molecule has 0 aromatic heterocycles. The molecule has 17 heavy (non-hydrogen) atoms. The first-order chi connectivity index (χ1) is 8.01. The lowest BCUT2D eigenvalue weighted by Crippen LogP contribution is -2.75. The Morgan fingerprint density at radius 2 is 1.94 bits per heavy atom. The maximum Gasteiger partial charge on any atom is 0.103 e. The Labute approximate surface area is 106 Å². The van der Waals surface area contributed by atoms with Crippen molar-refractivity contribution in [3.05, 3.63) is 0 Å². The summed E-state index contributed by atoms with van der Waals surface area (Å²) >= 11 is 0. The number of aliphatic hydroxyl groups is 1. The first kappa shape index (κ1) is 13.3. The molecule has 0 amide bonds. The fourth-order valence-corrected chi connectivity index (χ4v) is 4.17. The molecule has 0 aromatic rings. The van der Waals surface area contributed by atoms with Gasteiger partial charge in [-0.15, -0.1) is 0 Å². The summed E-state index contributed by atoms with van der Waals surface area (Å²) in [6.07, 6.45) is 2.72. The van der Waals surface area contributed by atoms with Crippen LogP contribution in [0.2, 0.25) is 0 Å². The standard InChI is InChI=1S/C14H29N2O/c1-11(2)15-9-14-6-5-13(15)10-16(14,7-8-17)12(3)4/h11-14,17H,5-10H2,1-4H3/q+1/t13-,14-,16?/m0/s1. The number of hydrogen-bond acceptors (Lipinski definition) is 2. The SMILES string of the molecule is CC(C)N1C[C@@H]2CC[C@H]1C[N+]2(CCO)C(C)C. The minimum absolute atomic E-state index is 0.336. The Balaban J connectivity index is 2.18. The van der Waals surface area contributed by atoms with E-state index in [4.69, 9.17) is 0 Å². The molecule has 3 heteroatoms. The molecule has 3 atom stereocenters. The third kappa shape index (κ3) is 2.13. The van der Waals surface area contributed by atoms with Gasteiger partial charge in [-0.25, -0.2) is 0 Å². The van der Waals surface area contributed by atoms with E-state index < -0.39 is 0 Å². The van der Waals surface area contributed by atoms with Gasteiger partial charge in [0, 0.05) is 12.5 Å². The van der Waals surface area contributed by atoms with Crippen molar-refractivity contribution in [3.8, 4) is 0 Å². The van der Waals surface area contributed by atoms with Crippen molar-refractivity contribution >= 4 is 0 Å². The summed E-state index contributed by atoms with van der Waals surface area (Å²) in [7, 11) is 0. The molecule has 0 spiro atoms. The molecular formula is C14H29N2O+. The molecule has 2 bridgehead atoms. The summed E-state index contributed by atoms with van der Waals surface area (Å²) in [5.74, 6) is 0. The topological polar surface area (TPSA) is 23.5 Å². The molecule has 3 heterocycles. The second-order valence-electron chi connectivity index (χ2n) is 6.50. The molecule has 100 valence electrons. The van der Waals surface area contributed by atoms with Gasteiger partial charge in [-0.2, -0.15) is 0 Å². The average molecular weight is 241 g/mol. The molecule has 3 rings (SSSR count). The smallest absolute Gasteiger partial charge is 0.103 e. The van der Waals surface area contributed by atoms with Crippen LogP contribution in [0.15, 0.2) is 0 Å². The first-order valence-electron chi connectivity index (χ1n) is 7.24. The highest BCUT2D eigenvalue weighted by molar-refractivity contribution is 4.90. The van der Waals surface area contributed by atoms with Crippen LogP contribution in [0.3, 0.4) is 0 Å². The van der Waals surface area contributed by atoms with Crippen LogP contribution in [-0.2, 0) is 0 Å². The number of fused-ring (bicyclic) bond motifs is 3. The molecule has 0 aromatic carbocycles. The second kappa shape index (κ2) is 4.87. The highest BCUT2D eigenvalue weighted by Gasteiger charge is 2.51. The van der Waals surface area contributed by atoms with Gasteiger partial charge in [0.05, 0.1) is 31.8 Å². The van der Waals surface area contributed by atoms with Crippen LogP contribution in [-0.4, -0.2) is 64.9 Å². The average Bonchev–Trinajstić information content (AvgIpc) is 2.29. The van der Waals surface area contributed by atoms with Crippen molar-refractivity contribution in [2.24, 2.45) is 0 Å². The summed E-state index contributed by atoms with van der Waals surface area (Å²) in [6, 6.07) is 2.80. The van der Waals surface area contributed by atoms with Crippen LogP contribution in [0.5, 0.6) is 0 Å². The summed E-state index contributed by atoms with van der Waals surface area (Å²) in [5.41, 5.74) is 0. The van der Waals surface area contributed by atoms with Crippen LogP contribution in [0.4, 0.5) is 0 Å². The number of quaternary nitrogens is 1. The molecule has 3 fully saturated rings. The number of rotatable bonds is 4. The molecule has 3 aliphatic heterocycles. The van der Waals surface area contributed by atoms with Gasteiger partial charge in [-0.3, -0.25) is 4.90 Å². The van der Waals surface area contributed by atoms with Crippen molar-refractivity contribution < 1.29 is 9.59 Å². The molecule has 0 aliphatic carbocycles. The predicted octanol–water partition coefficient (Wildman–Crippen LogP) is 1.46. The van der Waals surface area contributed by atoms with Crippen LogP contribution < -0.4 is 0 Å². The quantitative estimate of drug-likeness (QED) is 0.753. The Morgan fingerprint density at radius 3 is 2.35 bits per heavy atom. The van der Waals surface area contributed by atoms with Crippen molar-refractivity contribution in [1.82, 2.24) is 4.90 Å². The van der Waals surface area contributed by atoms with E-state index in [2.05, 4.69) is 32.6 Å². The van der Waals surface area contributed by atoms with E-state index in [-0.39, 0.29) is 0 Å². The predicted molar refractivity (Wildman–Crippen MR) is 70.9 cm³/mol. The maximum absolute atomic E-state index is 9.41. The van der Waals surface area contributed by atoms with Crippen LogP contribution >= 0.6 is 0 Å². The molecule has 3 aliphatic rings. The minimum Gasteiger partial charge on any atom is -0.391 e. The summed E-state index contributed by atoms with van der Waals surface area (Å²) in [4.78, 5) is 2.68. The van der Waals surface area contributed by atoms with Crippen molar-refractivity contribution in [2.75, 3.05) is 26.2 Å². The summed E-state index contributed by atoms with van der Waals surface area (Å²) in [5, 5.41) is 9.41. The number of hydrogen-bond donors (Lipinski definition) is 1. The van der Waals surface area contributed by atoms with Crippen LogP contribution in [0.25, 0.3) is 0 Å².